The van der Waals surface area contributed by atoms with Gasteiger partial charge in [-0.2, -0.15) is 0 Å². The van der Waals surface area contributed by atoms with E-state index in [4.69, 9.17) is 9.47 Å². The maximum atomic E-state index is 12.7. The Morgan fingerprint density at radius 2 is 2.11 bits per heavy atom. The monoisotopic (exact) mass is 403 g/mol. The predicted molar refractivity (Wildman–Crippen MR) is 109 cm³/mol. The van der Waals surface area contributed by atoms with Crippen molar-refractivity contribution in [3.05, 3.63) is 40.6 Å². The molecule has 2 N–H and O–H groups in total. The van der Waals surface area contributed by atoms with Gasteiger partial charge >= 0.3 is 6.03 Å². The number of ether oxygens (including phenoxy) is 2. The van der Waals surface area contributed by atoms with Crippen molar-refractivity contribution in [2.24, 2.45) is 5.92 Å². The lowest BCUT2D eigenvalue weighted by atomic mass is 9.97. The number of urea groups is 1. The number of methoxy groups -OCH3 is 2. The second kappa shape index (κ2) is 9.45. The summed E-state index contributed by atoms with van der Waals surface area (Å²) in [7, 11) is 3.12. The molecule has 1 aromatic carbocycles. The summed E-state index contributed by atoms with van der Waals surface area (Å²) in [6.07, 6.45) is 1.54. The van der Waals surface area contributed by atoms with Crippen molar-refractivity contribution in [1.82, 2.24) is 10.2 Å². The van der Waals surface area contributed by atoms with Gasteiger partial charge in [-0.25, -0.2) is 4.79 Å². The van der Waals surface area contributed by atoms with Gasteiger partial charge in [0.1, 0.15) is 11.5 Å². The smallest absolute Gasteiger partial charge is 0.317 e. The van der Waals surface area contributed by atoms with E-state index >= 15 is 0 Å². The Morgan fingerprint density at radius 1 is 1.25 bits per heavy atom. The number of nitrogens with one attached hydrogen (secondary N) is 2. The molecule has 0 radical (unpaired) electrons. The zero-order valence-corrected chi connectivity index (χ0v) is 16.9. The van der Waals surface area contributed by atoms with Gasteiger partial charge in [-0.15, -0.1) is 11.3 Å². The number of carbonyl (C=O) groups is 2. The molecule has 2 heterocycles. The molecule has 0 aliphatic carbocycles. The Morgan fingerprint density at radius 3 is 2.82 bits per heavy atom. The first-order valence-corrected chi connectivity index (χ1v) is 10.1. The molecule has 28 heavy (non-hydrogen) atoms. The Labute approximate surface area is 168 Å². The van der Waals surface area contributed by atoms with Gasteiger partial charge in [-0.3, -0.25) is 4.79 Å². The van der Waals surface area contributed by atoms with Gasteiger partial charge in [0, 0.05) is 24.0 Å². The maximum absolute atomic E-state index is 12.7. The summed E-state index contributed by atoms with van der Waals surface area (Å²) >= 11 is 1.61. The second-order valence-electron chi connectivity index (χ2n) is 6.58. The van der Waals surface area contributed by atoms with Gasteiger partial charge in [0.15, 0.2) is 0 Å². The molecule has 1 aromatic heterocycles. The fourth-order valence-electron chi connectivity index (χ4n) is 3.20. The van der Waals surface area contributed by atoms with Crippen molar-refractivity contribution in [2.45, 2.75) is 19.4 Å². The number of piperidine rings is 1. The molecule has 1 saturated heterocycles. The van der Waals surface area contributed by atoms with Crippen molar-refractivity contribution in [1.29, 1.82) is 0 Å². The van der Waals surface area contributed by atoms with Crippen LogP contribution in [0.15, 0.2) is 35.7 Å². The number of carbonyl (C=O) groups excluding carboxylic acids is 2. The van der Waals surface area contributed by atoms with Crippen LogP contribution >= 0.6 is 11.3 Å². The first kappa shape index (κ1) is 20.0. The van der Waals surface area contributed by atoms with Crippen LogP contribution in [-0.2, 0) is 11.3 Å². The molecular formula is C20H25N3O4S. The average Bonchev–Trinajstić information content (AvgIpc) is 3.26. The van der Waals surface area contributed by atoms with Crippen LogP contribution in [-0.4, -0.2) is 44.1 Å². The van der Waals surface area contributed by atoms with Gasteiger partial charge in [0.2, 0.25) is 5.91 Å². The normalized spacial score (nSPS) is 16.4. The molecule has 1 fully saturated rings. The standard InChI is InChI=1S/C20H25N3O4S/c1-26-15-7-8-17(18(11-15)27-2)22-19(24)14-5-3-9-23(13-14)20(25)21-12-16-6-4-10-28-16/h4,6-8,10-11,14H,3,5,9,12-13H2,1-2H3,(H,21,25)(H,22,24). The summed E-state index contributed by atoms with van der Waals surface area (Å²) in [5, 5.41) is 7.83. The molecule has 3 amide bonds. The van der Waals surface area contributed by atoms with Crippen molar-refractivity contribution >= 4 is 29.0 Å². The molecule has 0 saturated carbocycles. The number of likely N-dealkylation sites (tertiary alicyclic amines) is 1. The van der Waals surface area contributed by atoms with E-state index < -0.39 is 0 Å². The van der Waals surface area contributed by atoms with E-state index in [9.17, 15) is 9.59 Å². The Hall–Kier alpha value is -2.74. The van der Waals surface area contributed by atoms with Crippen molar-refractivity contribution in [2.75, 3.05) is 32.6 Å². The number of rotatable bonds is 6. The van der Waals surface area contributed by atoms with Crippen LogP contribution in [0, 0.1) is 5.92 Å². The van der Waals surface area contributed by atoms with Crippen molar-refractivity contribution in [3.63, 3.8) is 0 Å². The number of thiophene rings is 1. The van der Waals surface area contributed by atoms with Crippen LogP contribution in [0.25, 0.3) is 0 Å². The molecule has 150 valence electrons. The van der Waals surface area contributed by atoms with Crippen LogP contribution in [0.2, 0.25) is 0 Å². The SMILES string of the molecule is COc1ccc(NC(=O)C2CCCN(C(=O)NCc3cccs3)C2)c(OC)c1. The van der Waals surface area contributed by atoms with Crippen LogP contribution in [0.3, 0.4) is 0 Å². The largest absolute Gasteiger partial charge is 0.497 e. The van der Waals surface area contributed by atoms with Crippen LogP contribution in [0.1, 0.15) is 17.7 Å². The third-order valence-corrected chi connectivity index (χ3v) is 5.62. The molecule has 1 aliphatic rings. The van der Waals surface area contributed by atoms with Gasteiger partial charge in [-0.05, 0) is 36.4 Å². The summed E-state index contributed by atoms with van der Waals surface area (Å²) in [5.41, 5.74) is 0.590. The molecule has 1 aliphatic heterocycles. The molecule has 8 heteroatoms. The van der Waals surface area contributed by atoms with Gasteiger partial charge in [0.25, 0.3) is 0 Å². The third-order valence-electron chi connectivity index (χ3n) is 4.74. The van der Waals surface area contributed by atoms with E-state index in [0.29, 0.717) is 36.8 Å². The van der Waals surface area contributed by atoms with Gasteiger partial charge in [-0.1, -0.05) is 6.07 Å². The average molecular weight is 404 g/mol. The lowest BCUT2D eigenvalue weighted by Gasteiger charge is -2.32. The predicted octanol–water partition coefficient (Wildman–Crippen LogP) is 3.33. The topological polar surface area (TPSA) is 79.9 Å². The molecule has 0 bridgehead atoms. The summed E-state index contributed by atoms with van der Waals surface area (Å²) in [6, 6.07) is 9.06. The first-order chi connectivity index (χ1) is 13.6. The Bertz CT molecular complexity index is 810. The minimum absolute atomic E-state index is 0.112. The summed E-state index contributed by atoms with van der Waals surface area (Å²) in [4.78, 5) is 28.0. The van der Waals surface area contributed by atoms with Crippen LogP contribution < -0.4 is 20.1 Å². The zero-order chi connectivity index (χ0) is 19.9. The Balaban J connectivity index is 1.57. The summed E-state index contributed by atoms with van der Waals surface area (Å²) < 4.78 is 10.5. The number of anilines is 1. The fraction of sp³-hybridized carbons (Fsp3) is 0.400. The Kier molecular flexibility index (Phi) is 6.76. The first-order valence-electron chi connectivity index (χ1n) is 9.18. The molecule has 2 aromatic rings. The van der Waals surface area contributed by atoms with E-state index in [1.54, 1.807) is 48.7 Å². The highest BCUT2D eigenvalue weighted by atomic mass is 32.1. The summed E-state index contributed by atoms with van der Waals surface area (Å²) in [6.45, 7) is 1.57. The van der Waals surface area contributed by atoms with E-state index in [0.717, 1.165) is 17.7 Å². The highest BCUT2D eigenvalue weighted by Gasteiger charge is 2.29. The molecule has 1 unspecified atom stereocenters. The summed E-state index contributed by atoms with van der Waals surface area (Å²) in [5.74, 6) is 0.822. The maximum Gasteiger partial charge on any atom is 0.317 e. The minimum atomic E-state index is -0.256. The zero-order valence-electron chi connectivity index (χ0n) is 16.1. The molecule has 1 atom stereocenters. The lowest BCUT2D eigenvalue weighted by molar-refractivity contribution is -0.121. The van der Waals surface area contributed by atoms with Crippen molar-refractivity contribution in [3.8, 4) is 11.5 Å². The second-order valence-corrected chi connectivity index (χ2v) is 7.61. The fourth-order valence-corrected chi connectivity index (χ4v) is 3.84. The minimum Gasteiger partial charge on any atom is -0.497 e. The number of amides is 3. The number of benzene rings is 1. The van der Waals surface area contributed by atoms with Gasteiger partial charge in [0.05, 0.1) is 32.4 Å². The highest BCUT2D eigenvalue weighted by Crippen LogP contribution is 2.30. The molecular weight excluding hydrogens is 378 g/mol. The van der Waals surface area contributed by atoms with E-state index in [2.05, 4.69) is 10.6 Å². The van der Waals surface area contributed by atoms with Crippen LogP contribution in [0.4, 0.5) is 10.5 Å². The molecule has 3 rings (SSSR count). The van der Waals surface area contributed by atoms with Crippen molar-refractivity contribution < 1.29 is 19.1 Å². The van der Waals surface area contributed by atoms with E-state index in [1.807, 2.05) is 17.5 Å². The third kappa shape index (κ3) is 4.95. The van der Waals surface area contributed by atoms with Gasteiger partial charge < -0.3 is 25.0 Å². The highest BCUT2D eigenvalue weighted by molar-refractivity contribution is 7.09. The number of hydrogen-bond donors (Lipinski definition) is 2. The quantitative estimate of drug-likeness (QED) is 0.775. The van der Waals surface area contributed by atoms with E-state index in [-0.39, 0.29) is 17.9 Å². The number of nitrogens with zero attached hydrogens (tertiary/aromatic N) is 1. The lowest BCUT2D eigenvalue weighted by Crippen LogP contribution is -2.47. The van der Waals surface area contributed by atoms with E-state index in [1.165, 1.54) is 0 Å². The molecule has 0 spiro atoms. The van der Waals surface area contributed by atoms with Crippen LogP contribution in [0.5, 0.6) is 11.5 Å². The number of hydrogen-bond acceptors (Lipinski definition) is 5. The molecule has 7 nitrogen and oxygen atoms in total.